The molecule has 9 heteroatoms. The number of aromatic nitrogens is 4. The second-order valence-corrected chi connectivity index (χ2v) is 6.51. The van der Waals surface area contributed by atoms with E-state index in [4.69, 9.17) is 16.3 Å². The van der Waals surface area contributed by atoms with Crippen molar-refractivity contribution in [1.82, 2.24) is 20.2 Å². The molecule has 2 atom stereocenters. The Hall–Kier alpha value is -3.26. The Morgan fingerprint density at radius 1 is 1.14 bits per heavy atom. The first-order valence-corrected chi connectivity index (χ1v) is 8.94. The molecule has 3 aromatic rings. The maximum absolute atomic E-state index is 12.7. The highest BCUT2D eigenvalue weighted by Gasteiger charge is 2.27. The van der Waals surface area contributed by atoms with Crippen molar-refractivity contribution in [2.24, 2.45) is 0 Å². The number of amides is 1. The Balaban J connectivity index is 1.66. The second-order valence-electron chi connectivity index (χ2n) is 6.07. The van der Waals surface area contributed by atoms with Crippen LogP contribution in [0.4, 0.5) is 5.69 Å². The number of nitrogens with zero attached hydrogens (tertiary/aromatic N) is 4. The number of carbonyl (C=O) groups excluding carboxylic acids is 2. The van der Waals surface area contributed by atoms with Crippen molar-refractivity contribution in [2.45, 2.75) is 25.5 Å². The summed E-state index contributed by atoms with van der Waals surface area (Å²) in [6.07, 6.45) is 0.668. The first-order valence-electron chi connectivity index (χ1n) is 8.56. The van der Waals surface area contributed by atoms with Crippen LogP contribution in [0.5, 0.6) is 0 Å². The fourth-order valence-electron chi connectivity index (χ4n) is 2.52. The number of halogens is 1. The molecule has 1 amide bonds. The minimum Gasteiger partial charge on any atom is -0.451 e. The lowest BCUT2D eigenvalue weighted by molar-refractivity contribution is -0.156. The van der Waals surface area contributed by atoms with E-state index in [2.05, 4.69) is 20.8 Å². The summed E-state index contributed by atoms with van der Waals surface area (Å²) in [6.45, 7) is 1.50. The zero-order valence-corrected chi connectivity index (χ0v) is 15.8. The van der Waals surface area contributed by atoms with E-state index in [9.17, 15) is 9.59 Å². The standard InChI is InChI=1S/C19H18ClN5O3/c1-13(18(26)22-16-9-7-15(20)8-10-16)28-19(27)17(25-12-21-23-24-25)11-14-5-3-2-4-6-14/h2-10,12-13,17H,11H2,1H3,(H,22,26)/t13-,17+/m0/s1. The molecule has 0 unspecified atom stereocenters. The second kappa shape index (κ2) is 9.09. The quantitative estimate of drug-likeness (QED) is 0.613. The minimum absolute atomic E-state index is 0.330. The summed E-state index contributed by atoms with van der Waals surface area (Å²) in [5, 5.41) is 14.2. The van der Waals surface area contributed by atoms with Crippen LogP contribution in [0, 0.1) is 0 Å². The van der Waals surface area contributed by atoms with Crippen LogP contribution in [-0.4, -0.2) is 38.2 Å². The molecule has 1 heterocycles. The number of nitrogens with one attached hydrogen (secondary N) is 1. The highest BCUT2D eigenvalue weighted by molar-refractivity contribution is 6.30. The summed E-state index contributed by atoms with van der Waals surface area (Å²) in [5.74, 6) is -1.05. The van der Waals surface area contributed by atoms with E-state index in [1.165, 1.54) is 17.9 Å². The van der Waals surface area contributed by atoms with Gasteiger partial charge in [0.1, 0.15) is 6.33 Å². The van der Waals surface area contributed by atoms with Gasteiger partial charge in [0.15, 0.2) is 12.1 Å². The summed E-state index contributed by atoms with van der Waals surface area (Å²) >= 11 is 5.83. The summed E-state index contributed by atoms with van der Waals surface area (Å²) in [7, 11) is 0. The molecule has 2 aromatic carbocycles. The number of tetrazole rings is 1. The molecule has 144 valence electrons. The molecule has 0 bridgehead atoms. The monoisotopic (exact) mass is 399 g/mol. The van der Waals surface area contributed by atoms with Crippen LogP contribution in [0.2, 0.25) is 5.02 Å². The smallest absolute Gasteiger partial charge is 0.332 e. The van der Waals surface area contributed by atoms with E-state index >= 15 is 0 Å². The summed E-state index contributed by atoms with van der Waals surface area (Å²) in [6, 6.07) is 15.3. The van der Waals surface area contributed by atoms with E-state index in [1.54, 1.807) is 24.3 Å². The summed E-state index contributed by atoms with van der Waals surface area (Å²) < 4.78 is 6.69. The van der Waals surface area contributed by atoms with Gasteiger partial charge in [0, 0.05) is 17.1 Å². The Morgan fingerprint density at radius 3 is 2.50 bits per heavy atom. The number of carbonyl (C=O) groups is 2. The molecule has 1 N–H and O–H groups in total. The molecule has 0 spiro atoms. The highest BCUT2D eigenvalue weighted by atomic mass is 35.5. The van der Waals surface area contributed by atoms with E-state index in [0.29, 0.717) is 17.1 Å². The first-order chi connectivity index (χ1) is 13.5. The van der Waals surface area contributed by atoms with Gasteiger partial charge in [-0.2, -0.15) is 0 Å². The van der Waals surface area contributed by atoms with Crippen LogP contribution >= 0.6 is 11.6 Å². The molecule has 1 aromatic heterocycles. The van der Waals surface area contributed by atoms with Crippen LogP contribution in [0.3, 0.4) is 0 Å². The Morgan fingerprint density at radius 2 is 1.86 bits per heavy atom. The molecule has 0 aliphatic carbocycles. The predicted octanol–water partition coefficient (Wildman–Crippen LogP) is 2.68. The molecule has 0 fully saturated rings. The van der Waals surface area contributed by atoms with Crippen LogP contribution in [0.15, 0.2) is 60.9 Å². The largest absolute Gasteiger partial charge is 0.451 e. The number of hydrogen-bond acceptors (Lipinski definition) is 6. The molecule has 0 aliphatic heterocycles. The number of esters is 1. The van der Waals surface area contributed by atoms with Crippen molar-refractivity contribution < 1.29 is 14.3 Å². The topological polar surface area (TPSA) is 99.0 Å². The molecule has 3 rings (SSSR count). The fraction of sp³-hybridized carbons (Fsp3) is 0.211. The third-order valence-electron chi connectivity index (χ3n) is 4.00. The average Bonchev–Trinajstić information content (AvgIpc) is 3.23. The van der Waals surface area contributed by atoms with Gasteiger partial charge in [0.2, 0.25) is 0 Å². The van der Waals surface area contributed by atoms with Gasteiger partial charge in [0.05, 0.1) is 0 Å². The third-order valence-corrected chi connectivity index (χ3v) is 4.25. The van der Waals surface area contributed by atoms with Gasteiger partial charge in [-0.15, -0.1) is 5.10 Å². The van der Waals surface area contributed by atoms with Gasteiger partial charge in [-0.05, 0) is 47.2 Å². The van der Waals surface area contributed by atoms with E-state index < -0.39 is 24.0 Å². The number of rotatable bonds is 7. The van der Waals surface area contributed by atoms with Gasteiger partial charge in [-0.1, -0.05) is 41.9 Å². The molecule has 0 aliphatic rings. The van der Waals surface area contributed by atoms with Gasteiger partial charge >= 0.3 is 5.97 Å². The van der Waals surface area contributed by atoms with Crippen LogP contribution in [0.1, 0.15) is 18.5 Å². The van der Waals surface area contributed by atoms with Gasteiger partial charge in [-0.3, -0.25) is 4.79 Å². The van der Waals surface area contributed by atoms with Crippen molar-refractivity contribution >= 4 is 29.2 Å². The van der Waals surface area contributed by atoms with Crippen LogP contribution in [0.25, 0.3) is 0 Å². The third kappa shape index (κ3) is 5.14. The Labute approximate surface area is 166 Å². The van der Waals surface area contributed by atoms with Gasteiger partial charge in [0.25, 0.3) is 5.91 Å². The number of hydrogen-bond donors (Lipinski definition) is 1. The summed E-state index contributed by atoms with van der Waals surface area (Å²) in [5.41, 5.74) is 1.47. The maximum Gasteiger partial charge on any atom is 0.332 e. The van der Waals surface area contributed by atoms with Crippen molar-refractivity contribution in [1.29, 1.82) is 0 Å². The number of ether oxygens (including phenoxy) is 1. The molecule has 28 heavy (non-hydrogen) atoms. The minimum atomic E-state index is -1.00. The number of benzene rings is 2. The zero-order chi connectivity index (χ0) is 19.9. The highest BCUT2D eigenvalue weighted by Crippen LogP contribution is 2.17. The predicted molar refractivity (Wildman–Crippen MR) is 103 cm³/mol. The Bertz CT molecular complexity index is 917. The van der Waals surface area contributed by atoms with E-state index in [-0.39, 0.29) is 0 Å². The van der Waals surface area contributed by atoms with Crippen molar-refractivity contribution in [3.63, 3.8) is 0 Å². The van der Waals surface area contributed by atoms with E-state index in [0.717, 1.165) is 5.56 Å². The van der Waals surface area contributed by atoms with Crippen molar-refractivity contribution in [2.75, 3.05) is 5.32 Å². The lowest BCUT2D eigenvalue weighted by atomic mass is 10.1. The van der Waals surface area contributed by atoms with Crippen molar-refractivity contribution in [3.05, 3.63) is 71.5 Å². The summed E-state index contributed by atoms with van der Waals surface area (Å²) in [4.78, 5) is 25.1. The molecule has 0 radical (unpaired) electrons. The molecular weight excluding hydrogens is 382 g/mol. The SMILES string of the molecule is C[C@H](OC(=O)[C@@H](Cc1ccccc1)n1cnnn1)C(=O)Nc1ccc(Cl)cc1. The van der Waals surface area contributed by atoms with Crippen molar-refractivity contribution in [3.8, 4) is 0 Å². The normalized spacial score (nSPS) is 12.8. The maximum atomic E-state index is 12.7. The zero-order valence-electron chi connectivity index (χ0n) is 15.0. The van der Waals surface area contributed by atoms with Gasteiger partial charge in [-0.25, -0.2) is 9.48 Å². The fourth-order valence-corrected chi connectivity index (χ4v) is 2.64. The first kappa shape index (κ1) is 19.5. The molecule has 0 saturated heterocycles. The molecule has 0 saturated carbocycles. The van der Waals surface area contributed by atoms with Crippen LogP contribution < -0.4 is 5.32 Å². The average molecular weight is 400 g/mol. The van der Waals surface area contributed by atoms with E-state index in [1.807, 2.05) is 30.3 Å². The van der Waals surface area contributed by atoms with Gasteiger partial charge < -0.3 is 10.1 Å². The lowest BCUT2D eigenvalue weighted by Crippen LogP contribution is -2.34. The molecule has 8 nitrogen and oxygen atoms in total. The lowest BCUT2D eigenvalue weighted by Gasteiger charge is -2.19. The number of anilines is 1. The molecular formula is C19H18ClN5O3. The Kier molecular flexibility index (Phi) is 6.33. The van der Waals surface area contributed by atoms with Crippen LogP contribution in [-0.2, 0) is 20.7 Å².